The highest BCUT2D eigenvalue weighted by Crippen LogP contribution is 2.26. The van der Waals surface area contributed by atoms with E-state index in [-0.39, 0.29) is 12.0 Å². The molecule has 0 unspecified atom stereocenters. The van der Waals surface area contributed by atoms with Gasteiger partial charge in [-0.05, 0) is 24.6 Å². The molecule has 2 aromatic rings. The fraction of sp³-hybridized carbons (Fsp3) is 0.353. The maximum absolute atomic E-state index is 8.97. The van der Waals surface area contributed by atoms with Crippen LogP contribution in [0.4, 0.5) is 0 Å². The van der Waals surface area contributed by atoms with Crippen LogP contribution in [0.1, 0.15) is 36.3 Å². The van der Waals surface area contributed by atoms with E-state index in [2.05, 4.69) is 6.07 Å². The molecule has 3 heteroatoms. The van der Waals surface area contributed by atoms with Crippen LogP contribution in [0, 0.1) is 18.3 Å². The van der Waals surface area contributed by atoms with Gasteiger partial charge in [0.05, 0.1) is 25.2 Å². The summed E-state index contributed by atoms with van der Waals surface area (Å²) in [6.07, 6.45) is 0.194. The topological polar surface area (TPSA) is 46.2 Å². The predicted octanol–water partition coefficient (Wildman–Crippen LogP) is 4.19. The molecule has 0 saturated carbocycles. The third kappa shape index (κ3) is 3.72. The summed E-state index contributed by atoms with van der Waals surface area (Å²) in [5.74, 6) is 1.81. The van der Waals surface area contributed by atoms with Gasteiger partial charge in [0, 0.05) is 5.92 Å². The largest absolute Gasteiger partial charge is 0.466 e. The van der Waals surface area contributed by atoms with Gasteiger partial charge in [0.1, 0.15) is 11.5 Å². The zero-order valence-corrected chi connectivity index (χ0v) is 11.9. The summed E-state index contributed by atoms with van der Waals surface area (Å²) in [6.45, 7) is 4.46. The Morgan fingerprint density at radius 2 is 1.95 bits per heavy atom. The third-order valence-electron chi connectivity index (χ3n) is 3.37. The van der Waals surface area contributed by atoms with E-state index >= 15 is 0 Å². The first kappa shape index (κ1) is 14.4. The molecule has 0 radical (unpaired) electrons. The zero-order chi connectivity index (χ0) is 14.4. The van der Waals surface area contributed by atoms with Crippen molar-refractivity contribution < 1.29 is 9.15 Å². The normalized spacial score (nSPS) is 13.7. The molecular weight excluding hydrogens is 250 g/mol. The molecule has 0 saturated heterocycles. The maximum atomic E-state index is 8.97. The lowest BCUT2D eigenvalue weighted by atomic mass is 9.99. The molecule has 0 N–H and O–H groups in total. The van der Waals surface area contributed by atoms with Gasteiger partial charge in [-0.25, -0.2) is 0 Å². The highest BCUT2D eigenvalue weighted by molar-refractivity contribution is 5.14. The molecule has 1 aromatic carbocycles. The second-order valence-electron chi connectivity index (χ2n) is 4.93. The Bertz CT molecular complexity index is 568. The van der Waals surface area contributed by atoms with Gasteiger partial charge in [-0.15, -0.1) is 0 Å². The van der Waals surface area contributed by atoms with Crippen LogP contribution >= 0.6 is 0 Å². The maximum Gasteiger partial charge on any atom is 0.109 e. The molecule has 0 bridgehead atoms. The summed E-state index contributed by atoms with van der Waals surface area (Å²) >= 11 is 0. The molecule has 1 heterocycles. The minimum atomic E-state index is -0.161. The lowest BCUT2D eigenvalue weighted by Gasteiger charge is -2.20. The molecule has 0 amide bonds. The second-order valence-corrected chi connectivity index (χ2v) is 4.93. The lowest BCUT2D eigenvalue weighted by molar-refractivity contribution is 0.0243. The average Bonchev–Trinajstić information content (AvgIpc) is 2.90. The van der Waals surface area contributed by atoms with Gasteiger partial charge in [0.2, 0.25) is 0 Å². The van der Waals surface area contributed by atoms with E-state index in [0.717, 1.165) is 17.1 Å². The number of furan rings is 1. The zero-order valence-electron chi connectivity index (χ0n) is 11.9. The molecule has 20 heavy (non-hydrogen) atoms. The van der Waals surface area contributed by atoms with Crippen LogP contribution in [0.3, 0.4) is 0 Å². The first-order valence-corrected chi connectivity index (χ1v) is 6.79. The Labute approximate surface area is 119 Å². The van der Waals surface area contributed by atoms with Crippen molar-refractivity contribution in [3.8, 4) is 6.07 Å². The van der Waals surface area contributed by atoms with Gasteiger partial charge in [-0.1, -0.05) is 37.3 Å². The Morgan fingerprint density at radius 3 is 2.55 bits per heavy atom. The van der Waals surface area contributed by atoms with E-state index in [1.807, 2.05) is 56.3 Å². The molecule has 3 nitrogen and oxygen atoms in total. The SMILES string of the molecule is Cc1ccc([C@@H](C)[C@@H](CC#N)OCc2ccccc2)o1. The Kier molecular flexibility index (Phi) is 4.97. The number of hydrogen-bond donors (Lipinski definition) is 0. The number of benzene rings is 1. The highest BCUT2D eigenvalue weighted by atomic mass is 16.5. The number of aryl methyl sites for hydroxylation is 1. The van der Waals surface area contributed by atoms with E-state index < -0.39 is 0 Å². The van der Waals surface area contributed by atoms with Gasteiger partial charge in [-0.3, -0.25) is 0 Å². The smallest absolute Gasteiger partial charge is 0.109 e. The monoisotopic (exact) mass is 269 g/mol. The first-order valence-electron chi connectivity index (χ1n) is 6.79. The van der Waals surface area contributed by atoms with Crippen LogP contribution in [0.5, 0.6) is 0 Å². The quantitative estimate of drug-likeness (QED) is 0.789. The van der Waals surface area contributed by atoms with E-state index in [1.54, 1.807) is 0 Å². The molecule has 0 aliphatic carbocycles. The van der Waals surface area contributed by atoms with Gasteiger partial charge >= 0.3 is 0 Å². The summed E-state index contributed by atoms with van der Waals surface area (Å²) in [5, 5.41) is 8.97. The van der Waals surface area contributed by atoms with Crippen LogP contribution < -0.4 is 0 Å². The molecule has 2 rings (SSSR count). The van der Waals surface area contributed by atoms with Crippen molar-refractivity contribution in [1.29, 1.82) is 5.26 Å². The number of nitrogens with zero attached hydrogens (tertiary/aromatic N) is 1. The minimum Gasteiger partial charge on any atom is -0.466 e. The standard InChI is InChI=1S/C17H19NO2/c1-13-8-9-17(20-13)14(2)16(10-11-18)19-12-15-6-4-3-5-7-15/h3-9,14,16H,10,12H2,1-2H3/t14-,16+/m0/s1. The van der Waals surface area contributed by atoms with E-state index in [4.69, 9.17) is 14.4 Å². The van der Waals surface area contributed by atoms with E-state index in [0.29, 0.717) is 13.0 Å². The number of ether oxygens (including phenoxy) is 1. The van der Waals surface area contributed by atoms with E-state index in [1.165, 1.54) is 0 Å². The fourth-order valence-electron chi connectivity index (χ4n) is 2.13. The third-order valence-corrected chi connectivity index (χ3v) is 3.37. The van der Waals surface area contributed by atoms with Gasteiger partial charge in [0.15, 0.2) is 0 Å². The Morgan fingerprint density at radius 1 is 1.20 bits per heavy atom. The fourth-order valence-corrected chi connectivity index (χ4v) is 2.13. The first-order chi connectivity index (χ1) is 9.70. The molecule has 1 aromatic heterocycles. The molecule has 0 aliphatic rings. The van der Waals surface area contributed by atoms with Crippen molar-refractivity contribution in [2.45, 2.75) is 38.9 Å². The highest BCUT2D eigenvalue weighted by Gasteiger charge is 2.22. The number of nitriles is 1. The minimum absolute atomic E-state index is 0.0621. The van der Waals surface area contributed by atoms with Crippen LogP contribution in [0.15, 0.2) is 46.9 Å². The molecule has 0 spiro atoms. The molecule has 0 aliphatic heterocycles. The van der Waals surface area contributed by atoms with Crippen molar-refractivity contribution in [2.75, 3.05) is 0 Å². The van der Waals surface area contributed by atoms with Crippen LogP contribution in [-0.4, -0.2) is 6.10 Å². The molecule has 104 valence electrons. The number of hydrogen-bond acceptors (Lipinski definition) is 3. The average molecular weight is 269 g/mol. The van der Waals surface area contributed by atoms with Crippen molar-refractivity contribution in [3.63, 3.8) is 0 Å². The summed E-state index contributed by atoms with van der Waals surface area (Å²) in [4.78, 5) is 0. The Hall–Kier alpha value is -2.05. The van der Waals surface area contributed by atoms with E-state index in [9.17, 15) is 0 Å². The lowest BCUT2D eigenvalue weighted by Crippen LogP contribution is -2.19. The van der Waals surface area contributed by atoms with Crippen LogP contribution in [0.25, 0.3) is 0 Å². The van der Waals surface area contributed by atoms with Gasteiger partial charge in [-0.2, -0.15) is 5.26 Å². The molecule has 0 fully saturated rings. The second kappa shape index (κ2) is 6.93. The Balaban J connectivity index is 2.01. The van der Waals surface area contributed by atoms with Crippen molar-refractivity contribution in [2.24, 2.45) is 0 Å². The number of rotatable bonds is 6. The summed E-state index contributed by atoms with van der Waals surface area (Å²) in [7, 11) is 0. The van der Waals surface area contributed by atoms with Crippen LogP contribution in [0.2, 0.25) is 0 Å². The van der Waals surface area contributed by atoms with Crippen molar-refractivity contribution >= 4 is 0 Å². The van der Waals surface area contributed by atoms with Gasteiger partial charge in [0.25, 0.3) is 0 Å². The molecular formula is C17H19NO2. The van der Waals surface area contributed by atoms with Gasteiger partial charge < -0.3 is 9.15 Å². The summed E-state index contributed by atoms with van der Waals surface area (Å²) in [5.41, 5.74) is 1.11. The van der Waals surface area contributed by atoms with Crippen molar-refractivity contribution in [3.05, 3.63) is 59.5 Å². The van der Waals surface area contributed by atoms with Crippen molar-refractivity contribution in [1.82, 2.24) is 0 Å². The predicted molar refractivity (Wildman–Crippen MR) is 77.1 cm³/mol. The van der Waals surface area contributed by atoms with Crippen LogP contribution in [-0.2, 0) is 11.3 Å². The summed E-state index contributed by atoms with van der Waals surface area (Å²) < 4.78 is 11.5. The summed E-state index contributed by atoms with van der Waals surface area (Å²) in [6, 6.07) is 16.1. The molecule has 2 atom stereocenters.